The number of benzene rings is 1. The van der Waals surface area contributed by atoms with Crippen LogP contribution < -0.4 is 4.74 Å². The molecule has 2 fully saturated rings. The number of rotatable bonds is 5. The summed E-state index contributed by atoms with van der Waals surface area (Å²) in [4.78, 5) is 31.0. The molecule has 7 heteroatoms. The van der Waals surface area contributed by atoms with Crippen molar-refractivity contribution in [2.45, 2.75) is 18.9 Å². The molecule has 2 aliphatic rings. The number of piperidine rings is 1. The summed E-state index contributed by atoms with van der Waals surface area (Å²) >= 11 is 3.26. The molecular weight excluding hydrogens is 368 g/mol. The van der Waals surface area contributed by atoms with Gasteiger partial charge in [-0.15, -0.1) is 11.3 Å². The van der Waals surface area contributed by atoms with E-state index in [4.69, 9.17) is 4.74 Å². The van der Waals surface area contributed by atoms with Crippen molar-refractivity contribution in [1.29, 1.82) is 0 Å². The molecule has 0 N–H and O–H groups in total. The van der Waals surface area contributed by atoms with Gasteiger partial charge in [0.2, 0.25) is 0 Å². The minimum Gasteiger partial charge on any atom is -0.489 e. The van der Waals surface area contributed by atoms with Crippen molar-refractivity contribution in [2.75, 3.05) is 24.6 Å². The van der Waals surface area contributed by atoms with Gasteiger partial charge in [0.25, 0.3) is 5.91 Å². The van der Waals surface area contributed by atoms with Gasteiger partial charge in [0.15, 0.2) is 10.8 Å². The molecule has 1 aromatic heterocycles. The lowest BCUT2D eigenvalue weighted by Crippen LogP contribution is -2.40. The number of carbonyl (C=O) groups excluding carboxylic acids is 2. The van der Waals surface area contributed by atoms with Crippen molar-refractivity contribution in [2.24, 2.45) is 5.92 Å². The third-order valence-corrected chi connectivity index (χ3v) is 6.81. The molecule has 26 heavy (non-hydrogen) atoms. The maximum atomic E-state index is 12.7. The molecule has 2 aliphatic heterocycles. The van der Waals surface area contributed by atoms with Crippen LogP contribution in [-0.2, 0) is 0 Å². The lowest BCUT2D eigenvalue weighted by atomic mass is 9.92. The second-order valence-electron chi connectivity index (χ2n) is 6.57. The number of likely N-dealkylation sites (tertiary alicyclic amines) is 1. The molecular formula is C19H20N2O3S2. The monoisotopic (exact) mass is 388 g/mol. The smallest absolute Gasteiger partial charge is 0.253 e. The number of hydrogen-bond donors (Lipinski definition) is 0. The van der Waals surface area contributed by atoms with Crippen LogP contribution in [0.2, 0.25) is 0 Å². The van der Waals surface area contributed by atoms with Crippen LogP contribution in [0.15, 0.2) is 35.8 Å². The summed E-state index contributed by atoms with van der Waals surface area (Å²) in [6, 6.07) is 7.40. The first kappa shape index (κ1) is 17.5. The van der Waals surface area contributed by atoms with Gasteiger partial charge in [-0.25, -0.2) is 4.98 Å². The highest BCUT2D eigenvalue weighted by Gasteiger charge is 2.29. The molecule has 2 saturated heterocycles. The molecule has 136 valence electrons. The highest BCUT2D eigenvalue weighted by molar-refractivity contribution is 8.00. The van der Waals surface area contributed by atoms with Crippen LogP contribution in [0, 0.1) is 5.92 Å². The number of aromatic nitrogens is 1. The average Bonchev–Trinajstić information content (AvgIpc) is 3.19. The van der Waals surface area contributed by atoms with Crippen LogP contribution in [0.3, 0.4) is 0 Å². The van der Waals surface area contributed by atoms with E-state index >= 15 is 0 Å². The zero-order valence-corrected chi connectivity index (χ0v) is 15.9. The SMILES string of the molecule is O=C(c1nccs1)C1CCN(C(=O)c2ccc(OC3CSC3)cc2)CC1. The van der Waals surface area contributed by atoms with Crippen molar-refractivity contribution < 1.29 is 14.3 Å². The summed E-state index contributed by atoms with van der Waals surface area (Å²) in [7, 11) is 0. The number of ketones is 1. The average molecular weight is 389 g/mol. The molecule has 3 heterocycles. The molecule has 4 rings (SSSR count). The van der Waals surface area contributed by atoms with Gasteiger partial charge < -0.3 is 9.64 Å². The zero-order chi connectivity index (χ0) is 17.9. The summed E-state index contributed by atoms with van der Waals surface area (Å²) in [6.07, 6.45) is 3.36. The molecule has 1 aromatic carbocycles. The Hall–Kier alpha value is -1.86. The Morgan fingerprint density at radius 2 is 1.85 bits per heavy atom. The number of hydrogen-bond acceptors (Lipinski definition) is 6. The summed E-state index contributed by atoms with van der Waals surface area (Å²) in [6.45, 7) is 1.22. The van der Waals surface area contributed by atoms with E-state index in [0.29, 0.717) is 42.6 Å². The number of thioether (sulfide) groups is 1. The van der Waals surface area contributed by atoms with E-state index in [1.54, 1.807) is 6.20 Å². The number of thiazole rings is 1. The third-order valence-electron chi connectivity index (χ3n) is 4.81. The molecule has 0 unspecified atom stereocenters. The predicted octanol–water partition coefficient (Wildman–Crippen LogP) is 3.37. The van der Waals surface area contributed by atoms with Crippen molar-refractivity contribution in [3.05, 3.63) is 46.4 Å². The van der Waals surface area contributed by atoms with E-state index in [1.807, 2.05) is 46.3 Å². The fourth-order valence-corrected chi connectivity index (χ4v) is 4.42. The summed E-state index contributed by atoms with van der Waals surface area (Å²) in [5, 5.41) is 2.40. The Bertz CT molecular complexity index is 765. The Kier molecular flexibility index (Phi) is 5.26. The van der Waals surface area contributed by atoms with Crippen LogP contribution in [0.1, 0.15) is 33.0 Å². The summed E-state index contributed by atoms with van der Waals surface area (Å²) < 4.78 is 5.82. The Labute approximate surface area is 160 Å². The zero-order valence-electron chi connectivity index (χ0n) is 14.3. The third kappa shape index (κ3) is 3.78. The van der Waals surface area contributed by atoms with Crippen molar-refractivity contribution in [3.63, 3.8) is 0 Å². The van der Waals surface area contributed by atoms with Crippen molar-refractivity contribution in [3.8, 4) is 5.75 Å². The van der Waals surface area contributed by atoms with E-state index < -0.39 is 0 Å². The largest absolute Gasteiger partial charge is 0.489 e. The predicted molar refractivity (Wildman–Crippen MR) is 103 cm³/mol. The molecule has 0 spiro atoms. The Morgan fingerprint density at radius 1 is 1.12 bits per heavy atom. The second-order valence-corrected chi connectivity index (χ2v) is 8.54. The summed E-state index contributed by atoms with van der Waals surface area (Å²) in [5.74, 6) is 3.00. The van der Waals surface area contributed by atoms with Crippen molar-refractivity contribution >= 4 is 34.8 Å². The number of amides is 1. The minimum absolute atomic E-state index is 0.0240. The molecule has 0 bridgehead atoms. The Morgan fingerprint density at radius 3 is 2.42 bits per heavy atom. The molecule has 0 radical (unpaired) electrons. The molecule has 0 atom stereocenters. The molecule has 0 aliphatic carbocycles. The standard InChI is InChI=1S/C19H20N2O3S2/c22-17(18-20-7-10-26-18)13-5-8-21(9-6-13)19(23)14-1-3-15(4-2-14)24-16-11-25-12-16/h1-4,7,10,13,16H,5-6,8-9,11-12H2. The van der Waals surface area contributed by atoms with Gasteiger partial charge in [-0.3, -0.25) is 9.59 Å². The number of nitrogens with zero attached hydrogens (tertiary/aromatic N) is 2. The molecule has 2 aromatic rings. The van der Waals surface area contributed by atoms with Crippen LogP contribution in [0.5, 0.6) is 5.75 Å². The van der Waals surface area contributed by atoms with Crippen molar-refractivity contribution in [1.82, 2.24) is 9.88 Å². The minimum atomic E-state index is -0.0266. The van der Waals surface area contributed by atoms with Gasteiger partial charge in [0, 0.05) is 47.7 Å². The second kappa shape index (κ2) is 7.80. The van der Waals surface area contributed by atoms with Gasteiger partial charge in [-0.2, -0.15) is 11.8 Å². The highest BCUT2D eigenvalue weighted by Crippen LogP contribution is 2.26. The first-order chi connectivity index (χ1) is 12.7. The fraction of sp³-hybridized carbons (Fsp3) is 0.421. The van der Waals surface area contributed by atoms with Crippen LogP contribution >= 0.6 is 23.1 Å². The van der Waals surface area contributed by atoms with Gasteiger partial charge in [0.05, 0.1) is 0 Å². The first-order valence-electron chi connectivity index (χ1n) is 8.78. The maximum Gasteiger partial charge on any atom is 0.253 e. The van der Waals surface area contributed by atoms with E-state index in [2.05, 4.69) is 4.98 Å². The van der Waals surface area contributed by atoms with E-state index in [1.165, 1.54) is 11.3 Å². The quantitative estimate of drug-likeness (QED) is 0.735. The number of Topliss-reactive ketones (excluding diaryl/α,β-unsaturated/α-hetero) is 1. The van der Waals surface area contributed by atoms with Crippen LogP contribution in [0.4, 0.5) is 0 Å². The first-order valence-corrected chi connectivity index (χ1v) is 10.8. The molecule has 5 nitrogen and oxygen atoms in total. The number of ether oxygens (including phenoxy) is 1. The summed E-state index contributed by atoms with van der Waals surface area (Å²) in [5.41, 5.74) is 0.671. The fourth-order valence-electron chi connectivity index (χ4n) is 3.20. The molecule has 0 saturated carbocycles. The van der Waals surface area contributed by atoms with Gasteiger partial charge in [-0.1, -0.05) is 0 Å². The maximum absolute atomic E-state index is 12.7. The van der Waals surface area contributed by atoms with Gasteiger partial charge in [-0.05, 0) is 37.1 Å². The van der Waals surface area contributed by atoms with Crippen LogP contribution in [-0.4, -0.2) is 52.3 Å². The van der Waals surface area contributed by atoms with Crippen LogP contribution in [0.25, 0.3) is 0 Å². The van der Waals surface area contributed by atoms with E-state index in [0.717, 1.165) is 17.3 Å². The lowest BCUT2D eigenvalue weighted by Gasteiger charge is -2.31. The topological polar surface area (TPSA) is 59.5 Å². The lowest BCUT2D eigenvalue weighted by molar-refractivity contribution is 0.0650. The van der Waals surface area contributed by atoms with E-state index in [-0.39, 0.29) is 17.6 Å². The normalized spacial score (nSPS) is 18.4. The Balaban J connectivity index is 1.32. The molecule has 1 amide bonds. The van der Waals surface area contributed by atoms with E-state index in [9.17, 15) is 9.59 Å². The van der Waals surface area contributed by atoms with Gasteiger partial charge >= 0.3 is 0 Å². The number of carbonyl (C=O) groups is 2. The van der Waals surface area contributed by atoms with Gasteiger partial charge in [0.1, 0.15) is 11.9 Å². The highest BCUT2D eigenvalue weighted by atomic mass is 32.2.